The van der Waals surface area contributed by atoms with Crippen molar-refractivity contribution in [3.05, 3.63) is 18.2 Å². The van der Waals surface area contributed by atoms with E-state index in [0.717, 1.165) is 30.7 Å². The second kappa shape index (κ2) is 6.53. The van der Waals surface area contributed by atoms with Gasteiger partial charge in [-0.25, -0.2) is 0 Å². The number of nitrogens with two attached hydrogens (primary N) is 1. The standard InChI is InChI=1S/C15H26N2O/c1-5-15(6-2,7-3)17-12-10-9-11-13(14(12)16)18-8-4/h9-11,17H,5-8,16H2,1-4H3. The molecule has 0 saturated carbocycles. The average Bonchev–Trinajstić information content (AvgIpc) is 2.41. The average molecular weight is 250 g/mol. The van der Waals surface area contributed by atoms with E-state index >= 15 is 0 Å². The van der Waals surface area contributed by atoms with Crippen molar-refractivity contribution in [2.45, 2.75) is 52.5 Å². The quantitative estimate of drug-likeness (QED) is 0.718. The van der Waals surface area contributed by atoms with E-state index in [2.05, 4.69) is 26.1 Å². The molecular formula is C15H26N2O. The molecule has 0 spiro atoms. The molecule has 3 nitrogen and oxygen atoms in total. The maximum Gasteiger partial charge on any atom is 0.144 e. The highest BCUT2D eigenvalue weighted by atomic mass is 16.5. The summed E-state index contributed by atoms with van der Waals surface area (Å²) < 4.78 is 5.53. The van der Waals surface area contributed by atoms with Gasteiger partial charge in [0.15, 0.2) is 0 Å². The Morgan fingerprint density at radius 1 is 1.11 bits per heavy atom. The number of nitrogens with one attached hydrogen (secondary N) is 1. The normalized spacial score (nSPS) is 11.3. The van der Waals surface area contributed by atoms with Crippen molar-refractivity contribution in [3.8, 4) is 5.75 Å². The molecule has 102 valence electrons. The topological polar surface area (TPSA) is 47.3 Å². The van der Waals surface area contributed by atoms with Crippen molar-refractivity contribution in [1.82, 2.24) is 0 Å². The van der Waals surface area contributed by atoms with E-state index in [1.54, 1.807) is 0 Å². The predicted molar refractivity (Wildman–Crippen MR) is 79.3 cm³/mol. The van der Waals surface area contributed by atoms with Crippen LogP contribution in [0.5, 0.6) is 5.75 Å². The minimum atomic E-state index is 0.124. The third-order valence-corrected chi connectivity index (χ3v) is 3.80. The van der Waals surface area contributed by atoms with Gasteiger partial charge in [0, 0.05) is 5.54 Å². The van der Waals surface area contributed by atoms with E-state index in [1.165, 1.54) is 0 Å². The first-order valence-electron chi connectivity index (χ1n) is 6.91. The Bertz CT molecular complexity index is 364. The van der Waals surface area contributed by atoms with E-state index in [1.807, 2.05) is 25.1 Å². The van der Waals surface area contributed by atoms with Gasteiger partial charge < -0.3 is 15.8 Å². The largest absolute Gasteiger partial charge is 0.492 e. The highest BCUT2D eigenvalue weighted by molar-refractivity contribution is 5.73. The highest BCUT2D eigenvalue weighted by Gasteiger charge is 2.24. The van der Waals surface area contributed by atoms with Gasteiger partial charge in [-0.15, -0.1) is 0 Å². The SMILES string of the molecule is CCOc1cccc(NC(CC)(CC)CC)c1N. The Kier molecular flexibility index (Phi) is 5.32. The van der Waals surface area contributed by atoms with Gasteiger partial charge in [-0.05, 0) is 38.3 Å². The maximum absolute atomic E-state index is 6.15. The molecule has 0 aromatic heterocycles. The second-order valence-corrected chi connectivity index (χ2v) is 4.62. The molecule has 0 amide bonds. The minimum Gasteiger partial charge on any atom is -0.492 e. The Morgan fingerprint density at radius 2 is 1.72 bits per heavy atom. The van der Waals surface area contributed by atoms with Crippen LogP contribution in [-0.4, -0.2) is 12.1 Å². The summed E-state index contributed by atoms with van der Waals surface area (Å²) in [5, 5.41) is 3.60. The number of ether oxygens (including phenoxy) is 1. The lowest BCUT2D eigenvalue weighted by Crippen LogP contribution is -2.36. The van der Waals surface area contributed by atoms with Crippen molar-refractivity contribution in [2.75, 3.05) is 17.7 Å². The van der Waals surface area contributed by atoms with Crippen LogP contribution in [0.15, 0.2) is 18.2 Å². The Labute approximate surface area is 111 Å². The monoisotopic (exact) mass is 250 g/mol. The lowest BCUT2D eigenvalue weighted by molar-refractivity contribution is 0.342. The molecule has 0 atom stereocenters. The highest BCUT2D eigenvalue weighted by Crippen LogP contribution is 2.34. The van der Waals surface area contributed by atoms with E-state index in [4.69, 9.17) is 10.5 Å². The third-order valence-electron chi connectivity index (χ3n) is 3.80. The number of para-hydroxylation sites is 1. The smallest absolute Gasteiger partial charge is 0.144 e. The van der Waals surface area contributed by atoms with Gasteiger partial charge in [0.1, 0.15) is 5.75 Å². The van der Waals surface area contributed by atoms with Crippen LogP contribution in [0.4, 0.5) is 11.4 Å². The van der Waals surface area contributed by atoms with E-state index in [0.29, 0.717) is 12.3 Å². The van der Waals surface area contributed by atoms with Crippen molar-refractivity contribution < 1.29 is 4.74 Å². The van der Waals surface area contributed by atoms with E-state index in [-0.39, 0.29) is 5.54 Å². The molecule has 0 aliphatic carbocycles. The van der Waals surface area contributed by atoms with Crippen molar-refractivity contribution in [1.29, 1.82) is 0 Å². The van der Waals surface area contributed by atoms with Gasteiger partial charge in [-0.2, -0.15) is 0 Å². The molecular weight excluding hydrogens is 224 g/mol. The lowest BCUT2D eigenvalue weighted by atomic mass is 9.89. The molecule has 3 N–H and O–H groups in total. The van der Waals surface area contributed by atoms with Gasteiger partial charge in [-0.1, -0.05) is 26.8 Å². The summed E-state index contributed by atoms with van der Waals surface area (Å²) in [6, 6.07) is 5.92. The molecule has 0 aliphatic rings. The van der Waals surface area contributed by atoms with Crippen LogP contribution >= 0.6 is 0 Å². The first-order valence-corrected chi connectivity index (χ1v) is 6.91. The van der Waals surface area contributed by atoms with Gasteiger partial charge in [-0.3, -0.25) is 0 Å². The molecule has 0 radical (unpaired) electrons. The first-order chi connectivity index (χ1) is 8.62. The number of benzene rings is 1. The fourth-order valence-corrected chi connectivity index (χ4v) is 2.24. The fourth-order valence-electron chi connectivity index (χ4n) is 2.24. The van der Waals surface area contributed by atoms with E-state index < -0.39 is 0 Å². The molecule has 0 saturated heterocycles. The fraction of sp³-hybridized carbons (Fsp3) is 0.600. The number of rotatable bonds is 7. The maximum atomic E-state index is 6.15. The summed E-state index contributed by atoms with van der Waals surface area (Å²) in [4.78, 5) is 0. The van der Waals surface area contributed by atoms with Crippen LogP contribution in [0.2, 0.25) is 0 Å². The lowest BCUT2D eigenvalue weighted by Gasteiger charge is -2.33. The number of nitrogen functional groups attached to an aromatic ring is 1. The Balaban J connectivity index is 2.99. The Morgan fingerprint density at radius 3 is 2.22 bits per heavy atom. The molecule has 18 heavy (non-hydrogen) atoms. The molecule has 1 aromatic rings. The van der Waals surface area contributed by atoms with Crippen molar-refractivity contribution in [3.63, 3.8) is 0 Å². The van der Waals surface area contributed by atoms with Gasteiger partial charge in [0.2, 0.25) is 0 Å². The van der Waals surface area contributed by atoms with E-state index in [9.17, 15) is 0 Å². The van der Waals surface area contributed by atoms with Crippen LogP contribution in [0.1, 0.15) is 47.0 Å². The number of hydrogen-bond donors (Lipinski definition) is 2. The summed E-state index contributed by atoms with van der Waals surface area (Å²) in [6.07, 6.45) is 3.24. The van der Waals surface area contributed by atoms with Gasteiger partial charge in [0.05, 0.1) is 18.0 Å². The van der Waals surface area contributed by atoms with Crippen LogP contribution in [0.3, 0.4) is 0 Å². The van der Waals surface area contributed by atoms with Crippen LogP contribution in [0.25, 0.3) is 0 Å². The summed E-state index contributed by atoms with van der Waals surface area (Å²) >= 11 is 0. The molecule has 0 heterocycles. The third kappa shape index (κ3) is 3.09. The van der Waals surface area contributed by atoms with Crippen molar-refractivity contribution in [2.24, 2.45) is 0 Å². The summed E-state index contributed by atoms with van der Waals surface area (Å²) in [7, 11) is 0. The molecule has 1 rings (SSSR count). The Hall–Kier alpha value is -1.38. The zero-order valence-corrected chi connectivity index (χ0v) is 12.0. The molecule has 1 aromatic carbocycles. The molecule has 3 heteroatoms. The van der Waals surface area contributed by atoms with Crippen molar-refractivity contribution >= 4 is 11.4 Å². The zero-order chi connectivity index (χ0) is 13.6. The number of hydrogen-bond acceptors (Lipinski definition) is 3. The second-order valence-electron chi connectivity index (χ2n) is 4.62. The molecule has 0 aliphatic heterocycles. The number of anilines is 2. The predicted octanol–water partition coefficient (Wildman–Crippen LogP) is 4.05. The summed E-state index contributed by atoms with van der Waals surface area (Å²) in [5.41, 5.74) is 7.96. The first kappa shape index (κ1) is 14.7. The van der Waals surface area contributed by atoms with Gasteiger partial charge >= 0.3 is 0 Å². The summed E-state index contributed by atoms with van der Waals surface area (Å²) in [6.45, 7) is 9.23. The van der Waals surface area contributed by atoms with Crippen LogP contribution < -0.4 is 15.8 Å². The summed E-state index contributed by atoms with van der Waals surface area (Å²) in [5.74, 6) is 0.764. The minimum absolute atomic E-state index is 0.124. The van der Waals surface area contributed by atoms with Crippen LogP contribution in [0, 0.1) is 0 Å². The molecule has 0 unspecified atom stereocenters. The van der Waals surface area contributed by atoms with Gasteiger partial charge in [0.25, 0.3) is 0 Å². The zero-order valence-electron chi connectivity index (χ0n) is 12.0. The molecule has 0 fully saturated rings. The molecule has 0 bridgehead atoms. The van der Waals surface area contributed by atoms with Crippen LogP contribution in [-0.2, 0) is 0 Å².